The molecule has 0 aliphatic carbocycles. The maximum absolute atomic E-state index is 13.2. The number of aromatic amines is 1. The number of piperazine rings is 2. The van der Waals surface area contributed by atoms with Crippen LogP contribution in [0.25, 0.3) is 28.1 Å². The summed E-state index contributed by atoms with van der Waals surface area (Å²) in [6.45, 7) is 10.4. The quantitative estimate of drug-likeness (QED) is 0.264. The molecule has 9 heteroatoms. The molecule has 4 aromatic rings. The third-order valence-electron chi connectivity index (χ3n) is 8.18. The zero-order chi connectivity index (χ0) is 28.2. The maximum Gasteiger partial charge on any atom is 0.206 e. The van der Waals surface area contributed by atoms with E-state index in [4.69, 9.17) is 0 Å². The van der Waals surface area contributed by atoms with Crippen LogP contribution in [0.1, 0.15) is 27.3 Å². The van der Waals surface area contributed by atoms with Gasteiger partial charge in [-0.2, -0.15) is 5.10 Å². The number of nitrogens with one attached hydrogen (secondary N) is 1. The minimum absolute atomic E-state index is 0.142. The summed E-state index contributed by atoms with van der Waals surface area (Å²) in [5, 5.41) is 8.17. The standard InChI is InChI=1S/C32H38N8O/c1-37-9-13-39(14-10-37)22-25-17-27(21-33-19-25)26-5-7-30-29(18-26)32(36-35-30)31(41)8-4-24-3-6-28(34-20-24)23-40-15-11-38(2)12-16-40/h3-8,17-21H,9-16,22-23H2,1-2H3,(H,35,36)/b8-4+. The summed E-state index contributed by atoms with van der Waals surface area (Å²) in [5.41, 5.74) is 6.44. The van der Waals surface area contributed by atoms with Crippen LogP contribution in [0.3, 0.4) is 0 Å². The van der Waals surface area contributed by atoms with E-state index in [1.165, 1.54) is 5.56 Å². The molecule has 6 rings (SSSR count). The average Bonchev–Trinajstić information content (AvgIpc) is 3.43. The number of aromatic nitrogens is 4. The zero-order valence-corrected chi connectivity index (χ0v) is 24.0. The van der Waals surface area contributed by atoms with Crippen molar-refractivity contribution in [3.05, 3.63) is 83.6 Å². The van der Waals surface area contributed by atoms with Crippen molar-refractivity contribution in [1.29, 1.82) is 0 Å². The Morgan fingerprint density at radius 2 is 1.56 bits per heavy atom. The molecular formula is C32H38N8O. The normalized spacial score (nSPS) is 18.0. The lowest BCUT2D eigenvalue weighted by molar-refractivity contribution is 0.104. The van der Waals surface area contributed by atoms with Crippen molar-refractivity contribution in [2.24, 2.45) is 0 Å². The lowest BCUT2D eigenvalue weighted by atomic mass is 10.0. The molecule has 2 aliphatic rings. The van der Waals surface area contributed by atoms with Crippen LogP contribution in [0.2, 0.25) is 0 Å². The van der Waals surface area contributed by atoms with Crippen molar-refractivity contribution in [2.75, 3.05) is 66.5 Å². The number of pyridine rings is 2. The summed E-state index contributed by atoms with van der Waals surface area (Å²) in [7, 11) is 4.33. The van der Waals surface area contributed by atoms with E-state index in [1.54, 1.807) is 6.08 Å². The Morgan fingerprint density at radius 1 is 0.829 bits per heavy atom. The molecule has 1 N–H and O–H groups in total. The number of allylic oxidation sites excluding steroid dienone is 1. The summed E-state index contributed by atoms with van der Waals surface area (Å²) in [4.78, 5) is 31.9. The van der Waals surface area contributed by atoms with E-state index in [9.17, 15) is 4.79 Å². The first-order chi connectivity index (χ1) is 20.0. The number of hydrogen-bond acceptors (Lipinski definition) is 8. The van der Waals surface area contributed by atoms with Crippen LogP contribution >= 0.6 is 0 Å². The van der Waals surface area contributed by atoms with Crippen molar-refractivity contribution in [3.8, 4) is 11.1 Å². The number of likely N-dealkylation sites (N-methyl/N-ethyl adjacent to an activating group) is 2. The summed E-state index contributed by atoms with van der Waals surface area (Å²) in [5.74, 6) is -0.142. The highest BCUT2D eigenvalue weighted by atomic mass is 16.1. The molecule has 0 unspecified atom stereocenters. The molecule has 0 bridgehead atoms. The number of H-pyrrole nitrogens is 1. The van der Waals surface area contributed by atoms with Crippen LogP contribution < -0.4 is 0 Å². The monoisotopic (exact) mass is 550 g/mol. The van der Waals surface area contributed by atoms with Gasteiger partial charge in [-0.05, 0) is 67.2 Å². The fourth-order valence-corrected chi connectivity index (χ4v) is 5.49. The molecule has 1 aromatic carbocycles. The van der Waals surface area contributed by atoms with Crippen molar-refractivity contribution in [3.63, 3.8) is 0 Å². The number of fused-ring (bicyclic) bond motifs is 1. The molecule has 2 saturated heterocycles. The molecule has 0 saturated carbocycles. The second-order valence-electron chi connectivity index (χ2n) is 11.4. The Kier molecular flexibility index (Phi) is 8.29. The van der Waals surface area contributed by atoms with Crippen molar-refractivity contribution >= 4 is 22.8 Å². The summed E-state index contributed by atoms with van der Waals surface area (Å²) >= 11 is 0. The minimum Gasteiger partial charge on any atom is -0.304 e. The number of nitrogens with zero attached hydrogens (tertiary/aromatic N) is 7. The predicted octanol–water partition coefficient (Wildman–Crippen LogP) is 3.41. The van der Waals surface area contributed by atoms with E-state index in [2.05, 4.69) is 66.0 Å². The molecule has 0 amide bonds. The van der Waals surface area contributed by atoms with Crippen LogP contribution in [0.15, 0.2) is 61.1 Å². The largest absolute Gasteiger partial charge is 0.304 e. The molecule has 3 aromatic heterocycles. The maximum atomic E-state index is 13.2. The molecule has 2 fully saturated rings. The Hall–Kier alpha value is -3.76. The molecule has 41 heavy (non-hydrogen) atoms. The number of benzene rings is 1. The van der Waals surface area contributed by atoms with Gasteiger partial charge in [-0.25, -0.2) is 0 Å². The first-order valence-electron chi connectivity index (χ1n) is 14.4. The average molecular weight is 551 g/mol. The van der Waals surface area contributed by atoms with Crippen LogP contribution in [0.4, 0.5) is 0 Å². The number of hydrogen-bond donors (Lipinski definition) is 1. The molecule has 0 radical (unpaired) electrons. The highest BCUT2D eigenvalue weighted by molar-refractivity contribution is 6.13. The second-order valence-corrected chi connectivity index (χ2v) is 11.4. The summed E-state index contributed by atoms with van der Waals surface area (Å²) < 4.78 is 0. The second kappa shape index (κ2) is 12.4. The van der Waals surface area contributed by atoms with Gasteiger partial charge in [0, 0.05) is 95.0 Å². The van der Waals surface area contributed by atoms with Gasteiger partial charge in [0.05, 0.1) is 11.2 Å². The Labute approximate surface area is 241 Å². The van der Waals surface area contributed by atoms with Crippen LogP contribution in [-0.2, 0) is 13.1 Å². The number of carbonyl (C=O) groups excluding carboxylic acids is 1. The van der Waals surface area contributed by atoms with Gasteiger partial charge in [0.1, 0.15) is 5.69 Å². The molecular weight excluding hydrogens is 512 g/mol. The molecule has 9 nitrogen and oxygen atoms in total. The fraction of sp³-hybridized carbons (Fsp3) is 0.375. The minimum atomic E-state index is -0.142. The van der Waals surface area contributed by atoms with Crippen LogP contribution in [0.5, 0.6) is 0 Å². The van der Waals surface area contributed by atoms with Crippen LogP contribution in [0, 0.1) is 0 Å². The van der Waals surface area contributed by atoms with Gasteiger partial charge < -0.3 is 9.80 Å². The predicted molar refractivity (Wildman–Crippen MR) is 162 cm³/mol. The third kappa shape index (κ3) is 6.77. The van der Waals surface area contributed by atoms with Gasteiger partial charge >= 0.3 is 0 Å². The van der Waals surface area contributed by atoms with E-state index in [0.29, 0.717) is 5.69 Å². The van der Waals surface area contributed by atoms with Gasteiger partial charge in [-0.15, -0.1) is 0 Å². The number of rotatable bonds is 8. The number of ketones is 1. The van der Waals surface area contributed by atoms with Gasteiger partial charge in [0.2, 0.25) is 5.78 Å². The smallest absolute Gasteiger partial charge is 0.206 e. The van der Waals surface area contributed by atoms with Crippen molar-refractivity contribution in [1.82, 2.24) is 39.8 Å². The van der Waals surface area contributed by atoms with Gasteiger partial charge in [-0.3, -0.25) is 29.7 Å². The van der Waals surface area contributed by atoms with E-state index in [-0.39, 0.29) is 5.78 Å². The van der Waals surface area contributed by atoms with Crippen LogP contribution in [-0.4, -0.2) is 112 Å². The first-order valence-corrected chi connectivity index (χ1v) is 14.4. The molecule has 0 atom stereocenters. The van der Waals surface area contributed by atoms with Crippen molar-refractivity contribution in [2.45, 2.75) is 13.1 Å². The van der Waals surface area contributed by atoms with Gasteiger partial charge in [0.15, 0.2) is 0 Å². The van der Waals surface area contributed by atoms with E-state index in [1.807, 2.05) is 48.9 Å². The molecule has 212 valence electrons. The highest BCUT2D eigenvalue weighted by Gasteiger charge is 2.17. The molecule has 0 spiro atoms. The SMILES string of the molecule is CN1CCN(Cc2cncc(-c3ccc4[nH]nc(C(=O)/C=C/c5ccc(CN6CCN(C)CC6)nc5)c4c3)c2)CC1. The third-order valence-corrected chi connectivity index (χ3v) is 8.18. The topological polar surface area (TPSA) is 84.5 Å². The van der Waals surface area contributed by atoms with E-state index >= 15 is 0 Å². The number of carbonyl (C=O) groups is 1. The van der Waals surface area contributed by atoms with E-state index in [0.717, 1.165) is 98.7 Å². The lowest BCUT2D eigenvalue weighted by Gasteiger charge is -2.32. The summed E-state index contributed by atoms with van der Waals surface area (Å²) in [6, 6.07) is 12.3. The summed E-state index contributed by atoms with van der Waals surface area (Å²) in [6.07, 6.45) is 9.06. The van der Waals surface area contributed by atoms with E-state index < -0.39 is 0 Å². The lowest BCUT2D eigenvalue weighted by Crippen LogP contribution is -2.43. The highest BCUT2D eigenvalue weighted by Crippen LogP contribution is 2.26. The molecule has 2 aliphatic heterocycles. The Balaban J connectivity index is 1.13. The first kappa shape index (κ1) is 27.4. The van der Waals surface area contributed by atoms with Gasteiger partial charge in [0.25, 0.3) is 0 Å². The van der Waals surface area contributed by atoms with Gasteiger partial charge in [-0.1, -0.05) is 12.1 Å². The Morgan fingerprint density at radius 3 is 2.27 bits per heavy atom. The van der Waals surface area contributed by atoms with Crippen molar-refractivity contribution < 1.29 is 4.79 Å². The molecule has 5 heterocycles. The zero-order valence-electron chi connectivity index (χ0n) is 24.0. The Bertz CT molecular complexity index is 1510. The fourth-order valence-electron chi connectivity index (χ4n) is 5.49.